The van der Waals surface area contributed by atoms with Crippen molar-refractivity contribution in [3.05, 3.63) is 28.1 Å². The van der Waals surface area contributed by atoms with Crippen molar-refractivity contribution < 1.29 is 4.85 Å². The molecule has 0 saturated heterocycles. The average Bonchev–Trinajstić information content (AvgIpc) is 2.66. The Hall–Kier alpha value is -1.20. The monoisotopic (exact) mass is 208 g/mol. The number of rotatable bonds is 0. The molecule has 0 unspecified atom stereocenters. The predicted octanol–water partition coefficient (Wildman–Crippen LogP) is 2.14. The van der Waals surface area contributed by atoms with Crippen LogP contribution in [0.2, 0.25) is 0 Å². The summed E-state index contributed by atoms with van der Waals surface area (Å²) in [5.41, 5.74) is 1.45. The SMILES string of the molecule is [O-][n+]1nc2ccsc2c2sccc21. The topological polar surface area (TPSA) is 39.8 Å². The molecular weight excluding hydrogens is 204 g/mol. The van der Waals surface area contributed by atoms with Gasteiger partial charge < -0.3 is 5.21 Å². The summed E-state index contributed by atoms with van der Waals surface area (Å²) < 4.78 is 2.15. The Morgan fingerprint density at radius 2 is 1.92 bits per heavy atom. The maximum absolute atomic E-state index is 11.4. The molecule has 0 aliphatic carbocycles. The molecule has 0 N–H and O–H groups in total. The van der Waals surface area contributed by atoms with Crippen LogP contribution in [0.1, 0.15) is 0 Å². The van der Waals surface area contributed by atoms with Crippen molar-refractivity contribution >= 4 is 43.1 Å². The second-order valence-corrected chi connectivity index (χ2v) is 4.48. The molecule has 0 spiro atoms. The molecule has 0 bridgehead atoms. The molecule has 0 aliphatic rings. The molecule has 0 fully saturated rings. The van der Waals surface area contributed by atoms with Gasteiger partial charge in [0.05, 0.1) is 4.70 Å². The lowest BCUT2D eigenvalue weighted by Crippen LogP contribution is -2.30. The van der Waals surface area contributed by atoms with E-state index < -0.39 is 0 Å². The summed E-state index contributed by atoms with van der Waals surface area (Å²) in [6.45, 7) is 0. The first-order valence-corrected chi connectivity index (χ1v) is 5.46. The van der Waals surface area contributed by atoms with Gasteiger partial charge in [0.1, 0.15) is 4.70 Å². The summed E-state index contributed by atoms with van der Waals surface area (Å²) >= 11 is 3.21. The van der Waals surface area contributed by atoms with Crippen molar-refractivity contribution in [1.82, 2.24) is 5.10 Å². The second-order valence-electron chi connectivity index (χ2n) is 2.64. The molecule has 0 amide bonds. The third kappa shape index (κ3) is 0.882. The van der Waals surface area contributed by atoms with Crippen LogP contribution in [0.4, 0.5) is 0 Å². The molecule has 64 valence electrons. The predicted molar refractivity (Wildman–Crippen MR) is 54.0 cm³/mol. The van der Waals surface area contributed by atoms with E-state index in [9.17, 15) is 5.21 Å². The van der Waals surface area contributed by atoms with Gasteiger partial charge in [0.25, 0.3) is 5.52 Å². The highest BCUT2D eigenvalue weighted by Crippen LogP contribution is 2.29. The molecule has 13 heavy (non-hydrogen) atoms. The van der Waals surface area contributed by atoms with Gasteiger partial charge in [0.15, 0.2) is 5.52 Å². The van der Waals surface area contributed by atoms with Crippen molar-refractivity contribution in [2.24, 2.45) is 0 Å². The van der Waals surface area contributed by atoms with Gasteiger partial charge in [-0.3, -0.25) is 0 Å². The molecular formula is C8H4N2OS2. The lowest BCUT2D eigenvalue weighted by molar-refractivity contribution is -0.639. The number of hydrogen-bond acceptors (Lipinski definition) is 4. The van der Waals surface area contributed by atoms with Gasteiger partial charge in [-0.1, -0.05) is 0 Å². The van der Waals surface area contributed by atoms with E-state index in [4.69, 9.17) is 0 Å². The average molecular weight is 208 g/mol. The number of hydrogen-bond donors (Lipinski definition) is 0. The summed E-state index contributed by atoms with van der Waals surface area (Å²) in [4.78, 5) is 0.695. The minimum Gasteiger partial charge on any atom is -0.594 e. The van der Waals surface area contributed by atoms with Crippen LogP contribution in [-0.2, 0) is 0 Å². The van der Waals surface area contributed by atoms with E-state index in [1.807, 2.05) is 16.8 Å². The third-order valence-electron chi connectivity index (χ3n) is 1.90. The molecule has 3 heterocycles. The molecule has 0 aromatic carbocycles. The van der Waals surface area contributed by atoms with Crippen molar-refractivity contribution in [3.63, 3.8) is 0 Å². The van der Waals surface area contributed by atoms with Crippen LogP contribution >= 0.6 is 22.7 Å². The lowest BCUT2D eigenvalue weighted by Gasteiger charge is -1.94. The smallest absolute Gasteiger partial charge is 0.264 e. The van der Waals surface area contributed by atoms with Crippen LogP contribution in [-0.4, -0.2) is 5.10 Å². The zero-order valence-electron chi connectivity index (χ0n) is 6.43. The van der Waals surface area contributed by atoms with Crippen LogP contribution < -0.4 is 4.85 Å². The second kappa shape index (κ2) is 2.40. The van der Waals surface area contributed by atoms with E-state index in [1.54, 1.807) is 28.7 Å². The highest BCUT2D eigenvalue weighted by molar-refractivity contribution is 7.25. The lowest BCUT2D eigenvalue weighted by atomic mass is 10.4. The molecule has 3 nitrogen and oxygen atoms in total. The first-order valence-electron chi connectivity index (χ1n) is 3.70. The van der Waals surface area contributed by atoms with E-state index in [-0.39, 0.29) is 0 Å². The Labute approximate surface area is 81.4 Å². The van der Waals surface area contributed by atoms with E-state index in [2.05, 4.69) is 5.10 Å². The first kappa shape index (κ1) is 7.23. The van der Waals surface area contributed by atoms with Gasteiger partial charge in [0, 0.05) is 11.2 Å². The van der Waals surface area contributed by atoms with Crippen LogP contribution in [0.15, 0.2) is 22.9 Å². The molecule has 5 heteroatoms. The quantitative estimate of drug-likeness (QED) is 0.419. The number of nitrogens with zero attached hydrogens (tertiary/aromatic N) is 2. The summed E-state index contributed by atoms with van der Waals surface area (Å²) in [6.07, 6.45) is 0. The van der Waals surface area contributed by atoms with Gasteiger partial charge in [0.2, 0.25) is 0 Å². The minimum atomic E-state index is 0.667. The summed E-state index contributed by atoms with van der Waals surface area (Å²) in [6, 6.07) is 3.67. The maximum Gasteiger partial charge on any atom is 0.264 e. The Kier molecular flexibility index (Phi) is 1.33. The Morgan fingerprint density at radius 3 is 2.85 bits per heavy atom. The molecule has 3 aromatic rings. The van der Waals surface area contributed by atoms with Crippen LogP contribution in [0, 0.1) is 5.21 Å². The van der Waals surface area contributed by atoms with Crippen molar-refractivity contribution in [2.45, 2.75) is 0 Å². The van der Waals surface area contributed by atoms with E-state index >= 15 is 0 Å². The zero-order valence-corrected chi connectivity index (χ0v) is 8.06. The van der Waals surface area contributed by atoms with Gasteiger partial charge in [-0.25, -0.2) is 0 Å². The molecule has 0 aliphatic heterocycles. The van der Waals surface area contributed by atoms with Crippen molar-refractivity contribution in [3.8, 4) is 0 Å². The van der Waals surface area contributed by atoms with Crippen LogP contribution in [0.3, 0.4) is 0 Å². The van der Waals surface area contributed by atoms with Gasteiger partial charge >= 0.3 is 0 Å². The normalized spacial score (nSPS) is 11.4. The Morgan fingerprint density at radius 1 is 1.15 bits per heavy atom. The fourth-order valence-corrected chi connectivity index (χ4v) is 3.20. The van der Waals surface area contributed by atoms with Gasteiger partial charge in [-0.05, 0) is 21.7 Å². The van der Waals surface area contributed by atoms with Crippen LogP contribution in [0.5, 0.6) is 0 Å². The number of thiophene rings is 2. The van der Waals surface area contributed by atoms with Gasteiger partial charge in [-0.15, -0.1) is 22.7 Å². The first-order chi connectivity index (χ1) is 6.36. The third-order valence-corrected chi connectivity index (χ3v) is 3.87. The fraction of sp³-hybridized carbons (Fsp3) is 0. The number of fused-ring (bicyclic) bond motifs is 3. The van der Waals surface area contributed by atoms with Gasteiger partial charge in [-0.2, -0.15) is 0 Å². The molecule has 0 saturated carbocycles. The molecule has 3 rings (SSSR count). The van der Waals surface area contributed by atoms with E-state index in [1.165, 1.54) is 0 Å². The van der Waals surface area contributed by atoms with Crippen molar-refractivity contribution in [1.29, 1.82) is 0 Å². The largest absolute Gasteiger partial charge is 0.594 e. The molecule has 0 atom stereocenters. The minimum absolute atomic E-state index is 0.667. The Balaban J connectivity index is 2.70. The van der Waals surface area contributed by atoms with E-state index in [0.29, 0.717) is 10.4 Å². The summed E-state index contributed by atoms with van der Waals surface area (Å²) in [7, 11) is 0. The highest BCUT2D eigenvalue weighted by atomic mass is 32.1. The Bertz CT molecular complexity index is 584. The standard InChI is InChI=1S/C8H4N2OS2/c11-10-6-2-4-13-8(6)7-5(9-10)1-3-12-7/h1-4H. The maximum atomic E-state index is 11.4. The summed E-state index contributed by atoms with van der Waals surface area (Å²) in [5, 5.41) is 19.2. The zero-order chi connectivity index (χ0) is 8.84. The van der Waals surface area contributed by atoms with E-state index in [0.717, 1.165) is 14.9 Å². The fourth-order valence-electron chi connectivity index (χ4n) is 1.33. The van der Waals surface area contributed by atoms with Crippen LogP contribution in [0.25, 0.3) is 20.4 Å². The molecule has 3 aromatic heterocycles. The highest BCUT2D eigenvalue weighted by Gasteiger charge is 2.12. The molecule has 0 radical (unpaired) electrons. The number of aromatic nitrogens is 2. The summed E-state index contributed by atoms with van der Waals surface area (Å²) in [5.74, 6) is 0. The van der Waals surface area contributed by atoms with Crippen molar-refractivity contribution in [2.75, 3.05) is 0 Å².